The van der Waals surface area contributed by atoms with Gasteiger partial charge < -0.3 is 9.84 Å². The van der Waals surface area contributed by atoms with Crippen LogP contribution in [-0.4, -0.2) is 23.0 Å². The molecule has 24 heavy (non-hydrogen) atoms. The van der Waals surface area contributed by atoms with E-state index in [4.69, 9.17) is 9.84 Å². The van der Waals surface area contributed by atoms with Gasteiger partial charge >= 0.3 is 5.97 Å². The van der Waals surface area contributed by atoms with Gasteiger partial charge in [0.05, 0.1) is 12.2 Å². The number of carbonyl (C=O) groups is 2. The molecule has 126 valence electrons. The molecule has 1 atom stereocenters. The van der Waals surface area contributed by atoms with Gasteiger partial charge in [-0.05, 0) is 68.1 Å². The van der Waals surface area contributed by atoms with E-state index >= 15 is 0 Å². The highest BCUT2D eigenvalue weighted by molar-refractivity contribution is 6.02. The zero-order valence-electron chi connectivity index (χ0n) is 14.4. The van der Waals surface area contributed by atoms with E-state index in [1.807, 2.05) is 32.9 Å². The van der Waals surface area contributed by atoms with Crippen molar-refractivity contribution in [1.82, 2.24) is 0 Å². The molecule has 0 unspecified atom stereocenters. The van der Waals surface area contributed by atoms with Crippen molar-refractivity contribution in [2.24, 2.45) is 0 Å². The minimum atomic E-state index is -0.865. The fourth-order valence-electron chi connectivity index (χ4n) is 2.47. The summed E-state index contributed by atoms with van der Waals surface area (Å²) in [6, 6.07) is 10.3. The van der Waals surface area contributed by atoms with Gasteiger partial charge in [-0.1, -0.05) is 18.2 Å². The molecule has 4 heteroatoms. The van der Waals surface area contributed by atoms with Crippen molar-refractivity contribution in [2.45, 2.75) is 40.4 Å². The quantitative estimate of drug-likeness (QED) is 0.674. The minimum Gasteiger partial charge on any atom is -0.451 e. The lowest BCUT2D eigenvalue weighted by Gasteiger charge is -2.15. The van der Waals surface area contributed by atoms with Crippen molar-refractivity contribution >= 4 is 11.8 Å². The summed E-state index contributed by atoms with van der Waals surface area (Å²) >= 11 is 0. The Bertz CT molecular complexity index is 760. The van der Waals surface area contributed by atoms with Crippen molar-refractivity contribution in [1.29, 1.82) is 0 Å². The number of esters is 1. The zero-order chi connectivity index (χ0) is 17.9. The predicted molar refractivity (Wildman–Crippen MR) is 92.2 cm³/mol. The number of carbonyl (C=O) groups excluding carboxylic acids is 2. The number of ketones is 1. The van der Waals surface area contributed by atoms with Gasteiger partial charge in [-0.25, -0.2) is 4.79 Å². The Hall–Kier alpha value is -2.46. The van der Waals surface area contributed by atoms with E-state index in [-0.39, 0.29) is 12.4 Å². The first kappa shape index (κ1) is 17.9. The van der Waals surface area contributed by atoms with Gasteiger partial charge in [0.1, 0.15) is 0 Å². The van der Waals surface area contributed by atoms with Crippen molar-refractivity contribution in [3.63, 3.8) is 0 Å². The van der Waals surface area contributed by atoms with E-state index < -0.39 is 12.1 Å². The van der Waals surface area contributed by atoms with Gasteiger partial charge in [-0.2, -0.15) is 0 Å². The minimum absolute atomic E-state index is 0.0870. The Balaban J connectivity index is 2.13. The van der Waals surface area contributed by atoms with Crippen LogP contribution in [-0.2, 0) is 11.3 Å². The molecule has 0 amide bonds. The van der Waals surface area contributed by atoms with Crippen LogP contribution in [0.2, 0.25) is 0 Å². The Labute approximate surface area is 142 Å². The molecule has 0 radical (unpaired) electrons. The average Bonchev–Trinajstić information content (AvgIpc) is 2.57. The van der Waals surface area contributed by atoms with Crippen LogP contribution in [0.15, 0.2) is 36.4 Å². The predicted octanol–water partition coefficient (Wildman–Crippen LogP) is 3.53. The van der Waals surface area contributed by atoms with Gasteiger partial charge in [0.25, 0.3) is 0 Å². The topological polar surface area (TPSA) is 63.6 Å². The maximum Gasteiger partial charge on any atom is 0.338 e. The molecule has 2 aromatic carbocycles. The number of rotatable bonds is 5. The van der Waals surface area contributed by atoms with Crippen LogP contribution in [0.3, 0.4) is 0 Å². The summed E-state index contributed by atoms with van der Waals surface area (Å²) in [5, 5.41) is 9.02. The van der Waals surface area contributed by atoms with Gasteiger partial charge in [0, 0.05) is 5.56 Å². The molecule has 0 saturated heterocycles. The maximum atomic E-state index is 12.6. The van der Waals surface area contributed by atoms with Gasteiger partial charge in [0.15, 0.2) is 6.10 Å². The van der Waals surface area contributed by atoms with Crippen molar-refractivity contribution in [3.8, 4) is 0 Å². The Morgan fingerprint density at radius 2 is 1.58 bits per heavy atom. The van der Waals surface area contributed by atoms with E-state index in [2.05, 4.69) is 0 Å². The van der Waals surface area contributed by atoms with Gasteiger partial charge in [0.2, 0.25) is 5.78 Å². The first-order valence-corrected chi connectivity index (χ1v) is 7.86. The lowest BCUT2D eigenvalue weighted by atomic mass is 9.96. The Kier molecular flexibility index (Phi) is 5.52. The molecule has 0 bridgehead atoms. The van der Waals surface area contributed by atoms with Crippen LogP contribution >= 0.6 is 0 Å². The molecule has 4 nitrogen and oxygen atoms in total. The number of hydrogen-bond donors (Lipinski definition) is 1. The van der Waals surface area contributed by atoms with Gasteiger partial charge in [-0.15, -0.1) is 0 Å². The van der Waals surface area contributed by atoms with Crippen LogP contribution in [0.5, 0.6) is 0 Å². The standard InChI is InChI=1S/C20H22O4/c1-12-9-14(3)18(10-13(12)2)19(22)15(4)24-20(23)17-7-5-16(11-21)6-8-17/h5-10,15,21H,11H2,1-4H3/t15-/m1/s1. The van der Waals surface area contributed by atoms with Crippen LogP contribution in [0.25, 0.3) is 0 Å². The van der Waals surface area contributed by atoms with E-state index in [0.717, 1.165) is 16.7 Å². The fourth-order valence-corrected chi connectivity index (χ4v) is 2.47. The third-order valence-corrected chi connectivity index (χ3v) is 4.13. The molecule has 0 spiro atoms. The van der Waals surface area contributed by atoms with E-state index in [1.165, 1.54) is 0 Å². The monoisotopic (exact) mass is 326 g/mol. The molecule has 0 fully saturated rings. The van der Waals surface area contributed by atoms with Crippen LogP contribution in [0, 0.1) is 20.8 Å². The van der Waals surface area contributed by atoms with E-state index in [9.17, 15) is 9.59 Å². The molecule has 1 N–H and O–H groups in total. The summed E-state index contributed by atoms with van der Waals surface area (Å²) in [5.74, 6) is -0.766. The molecule has 2 aromatic rings. The number of benzene rings is 2. The normalized spacial score (nSPS) is 11.9. The highest BCUT2D eigenvalue weighted by atomic mass is 16.5. The smallest absolute Gasteiger partial charge is 0.338 e. The molecular formula is C20H22O4. The highest BCUT2D eigenvalue weighted by Crippen LogP contribution is 2.18. The summed E-state index contributed by atoms with van der Waals surface area (Å²) < 4.78 is 5.30. The average molecular weight is 326 g/mol. The zero-order valence-corrected chi connectivity index (χ0v) is 14.4. The largest absolute Gasteiger partial charge is 0.451 e. The molecule has 2 rings (SSSR count). The summed E-state index contributed by atoms with van der Waals surface area (Å²) in [7, 11) is 0. The van der Waals surface area contributed by atoms with Crippen LogP contribution in [0.4, 0.5) is 0 Å². The molecular weight excluding hydrogens is 304 g/mol. The van der Waals surface area contributed by atoms with Crippen molar-refractivity contribution in [2.75, 3.05) is 0 Å². The SMILES string of the molecule is Cc1cc(C)c(C(=O)[C@@H](C)OC(=O)c2ccc(CO)cc2)cc1C. The molecule has 0 aliphatic heterocycles. The summed E-state index contributed by atoms with van der Waals surface area (Å²) in [5.41, 5.74) is 4.66. The first-order valence-electron chi connectivity index (χ1n) is 7.86. The maximum absolute atomic E-state index is 12.6. The first-order chi connectivity index (χ1) is 11.3. The molecule has 0 aliphatic rings. The fraction of sp³-hybridized carbons (Fsp3) is 0.300. The second-order valence-electron chi connectivity index (χ2n) is 6.02. The summed E-state index contributed by atoms with van der Waals surface area (Å²) in [4.78, 5) is 24.7. The lowest BCUT2D eigenvalue weighted by molar-refractivity contribution is 0.0318. The van der Waals surface area contributed by atoms with Gasteiger partial charge in [-0.3, -0.25) is 4.79 Å². The second-order valence-corrected chi connectivity index (χ2v) is 6.02. The number of aryl methyl sites for hydroxylation is 3. The van der Waals surface area contributed by atoms with Crippen molar-refractivity contribution in [3.05, 3.63) is 69.8 Å². The van der Waals surface area contributed by atoms with Crippen LogP contribution in [0.1, 0.15) is 49.9 Å². The van der Waals surface area contributed by atoms with E-state index in [1.54, 1.807) is 31.2 Å². The Morgan fingerprint density at radius 1 is 1.00 bits per heavy atom. The van der Waals surface area contributed by atoms with Crippen LogP contribution < -0.4 is 0 Å². The molecule has 0 aromatic heterocycles. The molecule has 0 heterocycles. The number of aliphatic hydroxyl groups is 1. The molecule has 0 aliphatic carbocycles. The third-order valence-electron chi connectivity index (χ3n) is 4.13. The number of hydrogen-bond acceptors (Lipinski definition) is 4. The summed E-state index contributed by atoms with van der Waals surface area (Å²) in [6.07, 6.45) is -0.865. The molecule has 0 saturated carbocycles. The Morgan fingerprint density at radius 3 is 2.17 bits per heavy atom. The van der Waals surface area contributed by atoms with Crippen molar-refractivity contribution < 1.29 is 19.4 Å². The second kappa shape index (κ2) is 7.41. The third kappa shape index (κ3) is 3.89. The summed E-state index contributed by atoms with van der Waals surface area (Å²) in [6.45, 7) is 7.32. The van der Waals surface area contributed by atoms with E-state index in [0.29, 0.717) is 16.7 Å². The number of aliphatic hydroxyl groups excluding tert-OH is 1. The number of ether oxygens (including phenoxy) is 1. The lowest BCUT2D eigenvalue weighted by Crippen LogP contribution is -2.25. The highest BCUT2D eigenvalue weighted by Gasteiger charge is 2.22. The number of Topliss-reactive ketones (excluding diaryl/α,β-unsaturated/α-hetero) is 1.